The highest BCUT2D eigenvalue weighted by Crippen LogP contribution is 2.27. The van der Waals surface area contributed by atoms with Gasteiger partial charge in [-0.15, -0.1) is 0 Å². The van der Waals surface area contributed by atoms with Gasteiger partial charge in [-0.25, -0.2) is 0 Å². The highest BCUT2D eigenvalue weighted by atomic mass is 15.2. The third kappa shape index (κ3) is 1.33. The van der Waals surface area contributed by atoms with Crippen molar-refractivity contribution >= 4 is 5.65 Å². The van der Waals surface area contributed by atoms with Crippen molar-refractivity contribution in [1.82, 2.24) is 14.6 Å². The average molecular weight is 222 g/mol. The predicted octanol–water partition coefficient (Wildman–Crippen LogP) is 2.51. The number of rotatable bonds is 1. The molecule has 0 fully saturated rings. The van der Waals surface area contributed by atoms with E-state index in [2.05, 4.69) is 16.3 Å². The molecule has 0 bridgehead atoms. The molecule has 0 saturated carbocycles. The molecule has 0 saturated heterocycles. The van der Waals surface area contributed by atoms with E-state index in [1.54, 1.807) is 0 Å². The molecule has 0 atom stereocenters. The van der Waals surface area contributed by atoms with Gasteiger partial charge in [-0.1, -0.05) is 30.3 Å². The molecular weight excluding hydrogens is 212 g/mol. The summed E-state index contributed by atoms with van der Waals surface area (Å²) in [6.45, 7) is 1.90. The van der Waals surface area contributed by atoms with Gasteiger partial charge in [0.2, 0.25) is 0 Å². The SMILES string of the molecule is Cc1n[nH]c2c(C#N)c(-c3ccccc3)cn12. The Labute approximate surface area is 98.1 Å². The fraction of sp³-hybridized carbons (Fsp3) is 0.0769. The number of aryl methyl sites for hydroxylation is 1. The number of nitriles is 1. The van der Waals surface area contributed by atoms with Crippen LogP contribution in [0.25, 0.3) is 16.8 Å². The van der Waals surface area contributed by atoms with Crippen LogP contribution in [0.3, 0.4) is 0 Å². The van der Waals surface area contributed by atoms with Crippen molar-refractivity contribution in [3.63, 3.8) is 0 Å². The number of aromatic nitrogens is 3. The zero-order valence-electron chi connectivity index (χ0n) is 9.31. The third-order valence-corrected chi connectivity index (χ3v) is 2.87. The minimum absolute atomic E-state index is 0.636. The Morgan fingerprint density at radius 1 is 1.29 bits per heavy atom. The Morgan fingerprint density at radius 3 is 2.76 bits per heavy atom. The van der Waals surface area contributed by atoms with Gasteiger partial charge in [0, 0.05) is 11.8 Å². The summed E-state index contributed by atoms with van der Waals surface area (Å²) in [5.74, 6) is 0.846. The smallest absolute Gasteiger partial charge is 0.151 e. The second-order valence-electron chi connectivity index (χ2n) is 3.89. The van der Waals surface area contributed by atoms with E-state index < -0.39 is 0 Å². The second kappa shape index (κ2) is 3.49. The largest absolute Gasteiger partial charge is 0.287 e. The van der Waals surface area contributed by atoms with E-state index in [9.17, 15) is 5.26 Å². The van der Waals surface area contributed by atoms with Crippen LogP contribution in [0, 0.1) is 18.3 Å². The van der Waals surface area contributed by atoms with Crippen molar-refractivity contribution in [2.24, 2.45) is 0 Å². The number of hydrogen-bond donors (Lipinski definition) is 1. The topological polar surface area (TPSA) is 56.9 Å². The molecule has 4 heteroatoms. The summed E-state index contributed by atoms with van der Waals surface area (Å²) < 4.78 is 1.90. The summed E-state index contributed by atoms with van der Waals surface area (Å²) >= 11 is 0. The van der Waals surface area contributed by atoms with Crippen molar-refractivity contribution in [2.75, 3.05) is 0 Å². The van der Waals surface area contributed by atoms with E-state index in [0.717, 1.165) is 22.6 Å². The number of nitrogens with zero attached hydrogens (tertiary/aromatic N) is 3. The highest BCUT2D eigenvalue weighted by Gasteiger charge is 2.14. The highest BCUT2D eigenvalue weighted by molar-refractivity contribution is 5.78. The fourth-order valence-corrected chi connectivity index (χ4v) is 2.01. The van der Waals surface area contributed by atoms with Gasteiger partial charge in [0.15, 0.2) is 5.65 Å². The van der Waals surface area contributed by atoms with Crippen molar-refractivity contribution in [3.05, 3.63) is 47.9 Å². The fourth-order valence-electron chi connectivity index (χ4n) is 2.01. The van der Waals surface area contributed by atoms with Crippen LogP contribution >= 0.6 is 0 Å². The molecule has 3 aromatic rings. The first-order valence-electron chi connectivity index (χ1n) is 5.33. The maximum Gasteiger partial charge on any atom is 0.151 e. The van der Waals surface area contributed by atoms with Crippen LogP contribution in [0.1, 0.15) is 11.4 Å². The summed E-state index contributed by atoms with van der Waals surface area (Å²) in [6, 6.07) is 12.1. The van der Waals surface area contributed by atoms with Gasteiger partial charge in [0.1, 0.15) is 17.5 Å². The zero-order chi connectivity index (χ0) is 11.8. The number of aromatic amines is 1. The van der Waals surface area contributed by atoms with Crippen molar-refractivity contribution in [3.8, 4) is 17.2 Å². The van der Waals surface area contributed by atoms with Crippen LogP contribution in [-0.4, -0.2) is 14.6 Å². The zero-order valence-corrected chi connectivity index (χ0v) is 9.31. The Hall–Kier alpha value is -2.54. The van der Waals surface area contributed by atoms with Crippen molar-refractivity contribution in [2.45, 2.75) is 6.92 Å². The quantitative estimate of drug-likeness (QED) is 0.687. The van der Waals surface area contributed by atoms with Crippen LogP contribution in [0.4, 0.5) is 0 Å². The lowest BCUT2D eigenvalue weighted by Crippen LogP contribution is -1.81. The molecule has 1 N–H and O–H groups in total. The molecule has 0 unspecified atom stereocenters. The van der Waals surface area contributed by atoms with Gasteiger partial charge in [0.05, 0.1) is 0 Å². The van der Waals surface area contributed by atoms with Gasteiger partial charge in [-0.2, -0.15) is 10.4 Å². The van der Waals surface area contributed by atoms with Gasteiger partial charge in [-0.05, 0) is 12.5 Å². The molecule has 0 spiro atoms. The number of benzene rings is 1. The van der Waals surface area contributed by atoms with Gasteiger partial charge < -0.3 is 0 Å². The van der Waals surface area contributed by atoms with E-state index in [-0.39, 0.29) is 0 Å². The molecular formula is C13H10N4. The summed E-state index contributed by atoms with van der Waals surface area (Å²) in [5, 5.41) is 16.2. The number of fused-ring (bicyclic) bond motifs is 1. The predicted molar refractivity (Wildman–Crippen MR) is 64.4 cm³/mol. The Balaban J connectivity index is 2.34. The molecule has 2 aromatic heterocycles. The molecule has 0 amide bonds. The van der Waals surface area contributed by atoms with E-state index in [1.165, 1.54) is 0 Å². The van der Waals surface area contributed by atoms with Crippen LogP contribution in [0.5, 0.6) is 0 Å². The summed E-state index contributed by atoms with van der Waals surface area (Å²) in [6.07, 6.45) is 1.95. The second-order valence-corrected chi connectivity index (χ2v) is 3.89. The molecule has 0 aliphatic heterocycles. The summed E-state index contributed by atoms with van der Waals surface area (Å²) in [4.78, 5) is 0. The minimum atomic E-state index is 0.636. The standard InChI is InChI=1S/C13H10N4/c1-9-15-16-13-11(7-14)12(8-17(9)13)10-5-3-2-4-6-10/h2-6,8,16H,1H3. The van der Waals surface area contributed by atoms with Crippen LogP contribution in [0.2, 0.25) is 0 Å². The monoisotopic (exact) mass is 222 g/mol. The molecule has 82 valence electrons. The van der Waals surface area contributed by atoms with Crippen LogP contribution in [0.15, 0.2) is 36.5 Å². The molecule has 0 radical (unpaired) electrons. The van der Waals surface area contributed by atoms with Gasteiger partial charge >= 0.3 is 0 Å². The molecule has 2 heterocycles. The molecule has 17 heavy (non-hydrogen) atoms. The first kappa shape index (κ1) is 9.67. The van der Waals surface area contributed by atoms with Crippen LogP contribution < -0.4 is 0 Å². The minimum Gasteiger partial charge on any atom is -0.287 e. The van der Waals surface area contributed by atoms with Gasteiger partial charge in [0.25, 0.3) is 0 Å². The van der Waals surface area contributed by atoms with Crippen molar-refractivity contribution in [1.29, 1.82) is 5.26 Å². The van der Waals surface area contributed by atoms with E-state index in [0.29, 0.717) is 5.56 Å². The summed E-state index contributed by atoms with van der Waals surface area (Å²) in [7, 11) is 0. The number of hydrogen-bond acceptors (Lipinski definition) is 2. The first-order chi connectivity index (χ1) is 8.31. The molecule has 1 aromatic carbocycles. The van der Waals surface area contributed by atoms with Crippen molar-refractivity contribution < 1.29 is 0 Å². The maximum atomic E-state index is 9.26. The molecule has 0 aliphatic carbocycles. The first-order valence-corrected chi connectivity index (χ1v) is 5.33. The lowest BCUT2D eigenvalue weighted by Gasteiger charge is -1.96. The van der Waals surface area contributed by atoms with Crippen LogP contribution in [-0.2, 0) is 0 Å². The lowest BCUT2D eigenvalue weighted by atomic mass is 10.1. The Bertz CT molecular complexity index is 713. The molecule has 4 nitrogen and oxygen atoms in total. The number of nitrogens with one attached hydrogen (secondary N) is 1. The maximum absolute atomic E-state index is 9.26. The van der Waals surface area contributed by atoms with E-state index >= 15 is 0 Å². The Kier molecular flexibility index (Phi) is 1.99. The molecule has 3 rings (SSSR count). The number of H-pyrrole nitrogens is 1. The lowest BCUT2D eigenvalue weighted by molar-refractivity contribution is 1.01. The Morgan fingerprint density at radius 2 is 2.06 bits per heavy atom. The summed E-state index contributed by atoms with van der Waals surface area (Å²) in [5.41, 5.74) is 3.37. The van der Waals surface area contributed by atoms with Gasteiger partial charge in [-0.3, -0.25) is 9.50 Å². The average Bonchev–Trinajstić information content (AvgIpc) is 2.90. The molecule has 0 aliphatic rings. The normalized spacial score (nSPS) is 10.6. The van der Waals surface area contributed by atoms with E-state index in [1.807, 2.05) is 47.9 Å². The third-order valence-electron chi connectivity index (χ3n) is 2.87. The van der Waals surface area contributed by atoms with E-state index in [4.69, 9.17) is 0 Å².